The third-order valence-electron chi connectivity index (χ3n) is 6.62. The van der Waals surface area contributed by atoms with E-state index < -0.39 is 40.9 Å². The summed E-state index contributed by atoms with van der Waals surface area (Å²) in [7, 11) is 0. The summed E-state index contributed by atoms with van der Waals surface area (Å²) in [5.41, 5.74) is -1.91. The predicted molar refractivity (Wildman–Crippen MR) is 150 cm³/mol. The van der Waals surface area contributed by atoms with Gasteiger partial charge in [0.15, 0.2) is 40.4 Å². The molecule has 0 radical (unpaired) electrons. The number of ether oxygens (including phenoxy) is 1. The molecule has 11 nitrogen and oxygen atoms in total. The van der Waals surface area contributed by atoms with E-state index in [9.17, 15) is 28.3 Å². The van der Waals surface area contributed by atoms with Crippen molar-refractivity contribution in [1.82, 2.24) is 24.3 Å². The van der Waals surface area contributed by atoms with Gasteiger partial charge < -0.3 is 15.2 Å². The number of anilines is 1. The van der Waals surface area contributed by atoms with Crippen LogP contribution < -0.4 is 21.3 Å². The topological polar surface area (TPSA) is 144 Å². The number of hydrogen-bond donors (Lipinski definition) is 3. The molecule has 5 rings (SSSR count). The molecule has 222 valence electrons. The van der Waals surface area contributed by atoms with Crippen molar-refractivity contribution in [3.8, 4) is 17.2 Å². The number of pyridine rings is 1. The van der Waals surface area contributed by atoms with Crippen molar-refractivity contribution < 1.29 is 27.8 Å². The molecule has 3 N–H and O–H groups in total. The van der Waals surface area contributed by atoms with Crippen molar-refractivity contribution in [2.75, 3.05) is 11.9 Å². The number of nitrogens with one attached hydrogen (secondary N) is 2. The number of aromatic nitrogens is 5. The zero-order chi connectivity index (χ0) is 30.8. The van der Waals surface area contributed by atoms with Gasteiger partial charge >= 0.3 is 5.69 Å². The molecule has 0 unspecified atom stereocenters. The number of halogens is 3. The van der Waals surface area contributed by atoms with E-state index in [1.807, 2.05) is 0 Å². The number of benzene rings is 2. The molecule has 0 bridgehead atoms. The number of aliphatic hydroxyl groups is 1. The number of aryl methyl sites for hydroxylation is 1. The maximum Gasteiger partial charge on any atom is 0.335 e. The molecule has 0 aliphatic carbocycles. The van der Waals surface area contributed by atoms with Crippen LogP contribution in [0.4, 0.5) is 19.0 Å². The van der Waals surface area contributed by atoms with E-state index in [4.69, 9.17) is 4.74 Å². The zero-order valence-electron chi connectivity index (χ0n) is 22.9. The summed E-state index contributed by atoms with van der Waals surface area (Å²) in [5, 5.41) is 19.7. The Morgan fingerprint density at radius 3 is 2.56 bits per heavy atom. The molecular formula is C29H25F3N6O5. The van der Waals surface area contributed by atoms with Gasteiger partial charge in [0.2, 0.25) is 0 Å². The highest BCUT2D eigenvalue weighted by atomic mass is 19.2. The van der Waals surface area contributed by atoms with Gasteiger partial charge in [0.1, 0.15) is 16.7 Å². The second kappa shape index (κ2) is 11.9. The van der Waals surface area contributed by atoms with Crippen molar-refractivity contribution in [2.24, 2.45) is 0 Å². The number of nitrogens with zero attached hydrogens (tertiary/aromatic N) is 4. The Morgan fingerprint density at radius 2 is 1.86 bits per heavy atom. The zero-order valence-corrected chi connectivity index (χ0v) is 22.9. The summed E-state index contributed by atoms with van der Waals surface area (Å²) >= 11 is 0. The summed E-state index contributed by atoms with van der Waals surface area (Å²) in [6.07, 6.45) is 2.14. The number of Topliss-reactive ketones (excluding diaryl/α,β-unsaturated/α-hetero) is 1. The molecule has 2 aromatic carbocycles. The van der Waals surface area contributed by atoms with Gasteiger partial charge in [-0.3, -0.25) is 19.3 Å². The fourth-order valence-corrected chi connectivity index (χ4v) is 4.40. The number of carbonyl (C=O) groups excluding carboxylic acids is 1. The quantitative estimate of drug-likeness (QED) is 0.208. The lowest BCUT2D eigenvalue weighted by molar-refractivity contribution is 0.0990. The molecule has 0 saturated heterocycles. The molecule has 1 atom stereocenters. The van der Waals surface area contributed by atoms with E-state index in [0.29, 0.717) is 27.5 Å². The summed E-state index contributed by atoms with van der Waals surface area (Å²) in [6, 6.07) is 7.54. The van der Waals surface area contributed by atoms with E-state index in [1.54, 1.807) is 13.8 Å². The second-order valence-electron chi connectivity index (χ2n) is 9.65. The number of rotatable bonds is 10. The normalized spacial score (nSPS) is 12.0. The molecule has 0 spiro atoms. The predicted octanol–water partition coefficient (Wildman–Crippen LogP) is 3.72. The number of aromatic amines is 1. The Labute approximate surface area is 241 Å². The van der Waals surface area contributed by atoms with E-state index in [2.05, 4.69) is 20.5 Å². The molecular weight excluding hydrogens is 569 g/mol. The van der Waals surface area contributed by atoms with Crippen molar-refractivity contribution in [3.63, 3.8) is 0 Å². The van der Waals surface area contributed by atoms with Crippen LogP contribution in [0, 0.1) is 17.5 Å². The Balaban J connectivity index is 1.43. The minimum atomic E-state index is -1.27. The molecule has 0 aliphatic heterocycles. The number of carbonyl (C=O) groups is 1. The third kappa shape index (κ3) is 5.77. The van der Waals surface area contributed by atoms with Crippen LogP contribution in [0.2, 0.25) is 0 Å². The van der Waals surface area contributed by atoms with E-state index in [0.717, 1.165) is 29.0 Å². The first-order valence-corrected chi connectivity index (χ1v) is 13.1. The van der Waals surface area contributed by atoms with Gasteiger partial charge in [0.25, 0.3) is 5.56 Å². The van der Waals surface area contributed by atoms with Crippen LogP contribution >= 0.6 is 0 Å². The van der Waals surface area contributed by atoms with Crippen molar-refractivity contribution in [2.45, 2.75) is 32.9 Å². The maximum absolute atomic E-state index is 15.2. The molecule has 0 fully saturated rings. The molecule has 14 heteroatoms. The highest BCUT2D eigenvalue weighted by Crippen LogP contribution is 2.34. The van der Waals surface area contributed by atoms with Crippen LogP contribution in [0.25, 0.3) is 16.7 Å². The first kappa shape index (κ1) is 29.3. The summed E-state index contributed by atoms with van der Waals surface area (Å²) < 4.78 is 50.0. The van der Waals surface area contributed by atoms with Crippen molar-refractivity contribution >= 4 is 22.6 Å². The highest BCUT2D eigenvalue weighted by Gasteiger charge is 2.21. The van der Waals surface area contributed by atoms with Crippen LogP contribution in [0.15, 0.2) is 64.4 Å². The van der Waals surface area contributed by atoms with E-state index in [-0.39, 0.29) is 47.5 Å². The molecule has 3 heterocycles. The largest absolute Gasteiger partial charge is 0.453 e. The minimum absolute atomic E-state index is 0.0822. The van der Waals surface area contributed by atoms with Crippen LogP contribution in [-0.2, 0) is 13.0 Å². The van der Waals surface area contributed by atoms with Gasteiger partial charge in [0.05, 0.1) is 12.3 Å². The van der Waals surface area contributed by atoms with Crippen molar-refractivity contribution in [1.29, 1.82) is 0 Å². The van der Waals surface area contributed by atoms with Gasteiger partial charge in [-0.05, 0) is 43.7 Å². The van der Waals surface area contributed by atoms with Gasteiger partial charge in [-0.1, -0.05) is 6.07 Å². The van der Waals surface area contributed by atoms with Crippen LogP contribution in [0.1, 0.15) is 29.8 Å². The standard InChI is InChI=1S/C29H25F3N6O5/c1-3-37-13-18(28(41)38(29(37)42)17-5-6-19(30)20(31)12-17)22(40)11-16-4-7-23(21(32)10-16)43-24-8-9-33-26-25(24)27(36-35-26)34-15(2)14-39/h4-10,12-13,15,39H,3,11,14H2,1-2H3,(H2,33,34,35,36)/t15-/m0/s1. The molecule has 43 heavy (non-hydrogen) atoms. The Hall–Kier alpha value is -5.24. The van der Waals surface area contributed by atoms with Crippen molar-refractivity contribution in [3.05, 3.63) is 104 Å². The lowest BCUT2D eigenvalue weighted by Gasteiger charge is -2.13. The molecule has 3 aromatic heterocycles. The minimum Gasteiger partial charge on any atom is -0.453 e. The van der Waals surface area contributed by atoms with Gasteiger partial charge in [0, 0.05) is 43.5 Å². The van der Waals surface area contributed by atoms with Crippen LogP contribution in [-0.4, -0.2) is 47.9 Å². The fraction of sp³-hybridized carbons (Fsp3) is 0.207. The Bertz CT molecular complexity index is 1970. The molecule has 0 aliphatic rings. The number of aliphatic hydroxyl groups excluding tert-OH is 1. The molecule has 0 saturated carbocycles. The van der Waals surface area contributed by atoms with Gasteiger partial charge in [-0.2, -0.15) is 5.10 Å². The average Bonchev–Trinajstić information content (AvgIpc) is 3.39. The number of hydrogen-bond acceptors (Lipinski definition) is 8. The van der Waals surface area contributed by atoms with Gasteiger partial charge in [-0.15, -0.1) is 0 Å². The second-order valence-corrected chi connectivity index (χ2v) is 9.65. The van der Waals surface area contributed by atoms with E-state index >= 15 is 4.39 Å². The number of H-pyrrole nitrogens is 1. The first-order valence-electron chi connectivity index (χ1n) is 13.1. The maximum atomic E-state index is 15.2. The SMILES string of the molecule is CCn1cc(C(=O)Cc2ccc(Oc3ccnc4[nH]nc(N[C@@H](C)CO)c34)c(F)c2)c(=O)n(-c2ccc(F)c(F)c2)c1=O. The van der Waals surface area contributed by atoms with Crippen LogP contribution in [0.5, 0.6) is 11.5 Å². The fourth-order valence-electron chi connectivity index (χ4n) is 4.40. The Morgan fingerprint density at radius 1 is 1.07 bits per heavy atom. The molecule has 0 amide bonds. The summed E-state index contributed by atoms with van der Waals surface area (Å²) in [5.74, 6) is -3.53. The lowest BCUT2D eigenvalue weighted by Crippen LogP contribution is -2.41. The average molecular weight is 595 g/mol. The third-order valence-corrected chi connectivity index (χ3v) is 6.62. The highest BCUT2D eigenvalue weighted by molar-refractivity contribution is 5.97. The lowest BCUT2D eigenvalue weighted by atomic mass is 10.0. The summed E-state index contributed by atoms with van der Waals surface area (Å²) in [6.45, 7) is 3.28. The molecule has 5 aromatic rings. The van der Waals surface area contributed by atoms with E-state index in [1.165, 1.54) is 24.4 Å². The first-order chi connectivity index (χ1) is 20.6. The number of ketones is 1. The summed E-state index contributed by atoms with van der Waals surface area (Å²) in [4.78, 5) is 43.4. The monoisotopic (exact) mass is 594 g/mol. The van der Waals surface area contributed by atoms with Crippen LogP contribution in [0.3, 0.4) is 0 Å². The smallest absolute Gasteiger partial charge is 0.335 e. The Kier molecular flexibility index (Phi) is 8.12. The van der Waals surface area contributed by atoms with Gasteiger partial charge in [-0.25, -0.2) is 27.5 Å². The number of fused-ring (bicyclic) bond motifs is 1.